The number of likely N-dealkylation sites (N-methyl/N-ethyl adjacent to an activating group) is 1. The van der Waals surface area contributed by atoms with E-state index in [1.54, 1.807) is 26.0 Å². The van der Waals surface area contributed by atoms with Crippen molar-refractivity contribution in [1.29, 1.82) is 0 Å². The highest BCUT2D eigenvalue weighted by Gasteiger charge is 2.63. The molecule has 0 spiro atoms. The highest BCUT2D eigenvalue weighted by Crippen LogP contribution is 2.48. The van der Waals surface area contributed by atoms with Crippen LogP contribution in [-0.2, 0) is 19.6 Å². The van der Waals surface area contributed by atoms with Gasteiger partial charge in [0.15, 0.2) is 0 Å². The van der Waals surface area contributed by atoms with Gasteiger partial charge in [0.2, 0.25) is 15.9 Å². The molecule has 4 atom stereocenters. The van der Waals surface area contributed by atoms with Crippen molar-refractivity contribution < 1.29 is 32.3 Å². The SMILES string of the molecule is COc1ccc2c(O[C@H]3C[C@H]4C(=O)N(C)CCC/C=C\[C@@H]5C[C@@]5(C(=O)NS(=O)(=O)C5(C)CC5)NC(=O)N4C3)cc(-c3nc(C(C)C)cs3)nc2c1C. The molecule has 0 unspecified atom stereocenters. The Morgan fingerprint density at radius 2 is 1.94 bits per heavy atom. The van der Waals surface area contributed by atoms with E-state index in [1.807, 2.05) is 42.7 Å². The van der Waals surface area contributed by atoms with Crippen molar-refractivity contribution in [2.24, 2.45) is 5.92 Å². The first-order valence-corrected chi connectivity index (χ1v) is 20.2. The van der Waals surface area contributed by atoms with E-state index < -0.39 is 44.4 Å². The van der Waals surface area contributed by atoms with Crippen LogP contribution < -0.4 is 19.5 Å². The lowest BCUT2D eigenvalue weighted by Crippen LogP contribution is -2.58. The van der Waals surface area contributed by atoms with Gasteiger partial charge in [-0.05, 0) is 64.0 Å². The number of pyridine rings is 1. The number of nitrogens with zero attached hydrogens (tertiary/aromatic N) is 4. The van der Waals surface area contributed by atoms with Crippen LogP contribution >= 0.6 is 11.3 Å². The quantitative estimate of drug-likeness (QED) is 0.306. The molecule has 2 saturated carbocycles. The summed E-state index contributed by atoms with van der Waals surface area (Å²) in [6.07, 6.45) is 5.97. The van der Waals surface area contributed by atoms with Crippen LogP contribution in [0.4, 0.5) is 4.79 Å². The molecule has 4 aliphatic rings. The number of benzene rings is 1. The third-order valence-electron chi connectivity index (χ3n) is 11.0. The van der Waals surface area contributed by atoms with E-state index in [9.17, 15) is 22.8 Å². The van der Waals surface area contributed by atoms with Gasteiger partial charge in [-0.15, -0.1) is 11.3 Å². The van der Waals surface area contributed by atoms with Crippen LogP contribution in [0.5, 0.6) is 11.5 Å². The van der Waals surface area contributed by atoms with Crippen LogP contribution in [0.3, 0.4) is 0 Å². The van der Waals surface area contributed by atoms with E-state index in [-0.39, 0.29) is 37.1 Å². The number of hydrogen-bond donors (Lipinski definition) is 2. The summed E-state index contributed by atoms with van der Waals surface area (Å²) in [6.45, 7) is 8.27. The number of allylic oxidation sites excluding steroid dienone is 1. The number of methoxy groups -OCH3 is 1. The fraction of sp³-hybridized carbons (Fsp3) is 0.541. The van der Waals surface area contributed by atoms with Crippen LogP contribution in [-0.4, -0.2) is 95.7 Å². The third-order valence-corrected chi connectivity index (χ3v) is 14.0. The van der Waals surface area contributed by atoms with Crippen molar-refractivity contribution in [3.05, 3.63) is 47.0 Å². The predicted octanol–water partition coefficient (Wildman–Crippen LogP) is 4.90. The maximum Gasteiger partial charge on any atom is 0.319 e. The summed E-state index contributed by atoms with van der Waals surface area (Å²) in [5.41, 5.74) is 1.69. The molecule has 2 aliphatic carbocycles. The number of rotatable bonds is 8. The number of fused-ring (bicyclic) bond motifs is 3. The molecule has 2 aromatic heterocycles. The van der Waals surface area contributed by atoms with Gasteiger partial charge < -0.3 is 24.6 Å². The smallest absolute Gasteiger partial charge is 0.319 e. The van der Waals surface area contributed by atoms with E-state index in [2.05, 4.69) is 23.9 Å². The first-order valence-electron chi connectivity index (χ1n) is 17.8. The molecule has 2 aliphatic heterocycles. The van der Waals surface area contributed by atoms with Crippen LogP contribution in [0.2, 0.25) is 0 Å². The molecule has 7 rings (SSSR count). The number of sulfonamides is 1. The number of urea groups is 1. The van der Waals surface area contributed by atoms with Crippen molar-refractivity contribution in [3.63, 3.8) is 0 Å². The molecule has 1 aromatic carbocycles. The number of nitrogens with one attached hydrogen (secondary N) is 2. The summed E-state index contributed by atoms with van der Waals surface area (Å²) < 4.78 is 39.7. The lowest BCUT2D eigenvalue weighted by molar-refractivity contribution is -0.133. The van der Waals surface area contributed by atoms with Gasteiger partial charge in [-0.2, -0.15) is 0 Å². The minimum Gasteiger partial charge on any atom is -0.496 e. The number of hydrogen-bond acceptors (Lipinski definition) is 10. The standard InChI is InChI=1S/C37H46N6O7S2/c1-21(2)27-20-51-32(39-27)26-17-30(25-11-12-29(49-6)22(3)31(25)38-26)50-24-16-28-33(44)42(5)15-9-7-8-10-23-18-37(23,40-35(46)43(28)19-24)34(45)41-52(47,48)36(4)13-14-36/h8,10-12,17,20-21,23-24,28H,7,9,13-16,18-19H2,1-6H3,(H,40,46)(H,41,45)/b10-8-/t23-,24+,28+,37-/m1/s1. The van der Waals surface area contributed by atoms with E-state index in [4.69, 9.17) is 19.4 Å². The van der Waals surface area contributed by atoms with Gasteiger partial charge in [0, 0.05) is 48.3 Å². The molecule has 278 valence electrons. The largest absolute Gasteiger partial charge is 0.496 e. The van der Waals surface area contributed by atoms with Crippen molar-refractivity contribution in [3.8, 4) is 22.2 Å². The number of amides is 4. The molecule has 4 heterocycles. The number of carbonyl (C=O) groups excluding carboxylic acids is 3. The first-order chi connectivity index (χ1) is 24.7. The average molecular weight is 751 g/mol. The highest BCUT2D eigenvalue weighted by molar-refractivity contribution is 7.91. The Morgan fingerprint density at radius 3 is 2.63 bits per heavy atom. The Morgan fingerprint density at radius 1 is 1.17 bits per heavy atom. The summed E-state index contributed by atoms with van der Waals surface area (Å²) in [6, 6.07) is 4.12. The molecule has 1 saturated heterocycles. The summed E-state index contributed by atoms with van der Waals surface area (Å²) in [5.74, 6) is 0.0959. The molecule has 15 heteroatoms. The molecule has 13 nitrogen and oxygen atoms in total. The Kier molecular flexibility index (Phi) is 9.25. The Bertz CT molecular complexity index is 2080. The fourth-order valence-electron chi connectivity index (χ4n) is 7.09. The van der Waals surface area contributed by atoms with Crippen molar-refractivity contribution in [2.75, 3.05) is 27.2 Å². The van der Waals surface area contributed by atoms with Crippen molar-refractivity contribution >= 4 is 50.1 Å². The van der Waals surface area contributed by atoms with Gasteiger partial charge in [0.1, 0.15) is 39.9 Å². The van der Waals surface area contributed by atoms with E-state index >= 15 is 0 Å². The molecule has 3 fully saturated rings. The summed E-state index contributed by atoms with van der Waals surface area (Å²) >= 11 is 1.50. The van der Waals surface area contributed by atoms with Crippen LogP contribution in [0, 0.1) is 12.8 Å². The van der Waals surface area contributed by atoms with Gasteiger partial charge in [-0.3, -0.25) is 14.3 Å². The highest BCUT2D eigenvalue weighted by atomic mass is 32.2. The van der Waals surface area contributed by atoms with Crippen LogP contribution in [0.25, 0.3) is 21.6 Å². The zero-order chi connectivity index (χ0) is 37.2. The molecule has 0 radical (unpaired) electrons. The maximum absolute atomic E-state index is 14.2. The number of aromatic nitrogens is 2. The molecular formula is C37H46N6O7S2. The number of carbonyl (C=O) groups is 3. The van der Waals surface area contributed by atoms with Crippen LogP contribution in [0.15, 0.2) is 35.7 Å². The van der Waals surface area contributed by atoms with E-state index in [0.717, 1.165) is 21.7 Å². The predicted molar refractivity (Wildman–Crippen MR) is 198 cm³/mol. The number of aryl methyl sites for hydroxylation is 1. The monoisotopic (exact) mass is 750 g/mol. The second-order valence-corrected chi connectivity index (χ2v) is 18.2. The Labute approximate surface area is 308 Å². The molecule has 52 heavy (non-hydrogen) atoms. The summed E-state index contributed by atoms with van der Waals surface area (Å²) in [5, 5.41) is 6.41. The topological polar surface area (TPSA) is 160 Å². The van der Waals surface area contributed by atoms with Gasteiger partial charge in [0.05, 0.1) is 29.6 Å². The first kappa shape index (κ1) is 36.1. The summed E-state index contributed by atoms with van der Waals surface area (Å²) in [7, 11) is -0.598. The third kappa shape index (κ3) is 6.50. The average Bonchev–Trinajstić information content (AvgIpc) is 3.87. The minimum absolute atomic E-state index is 0.0632. The second-order valence-electron chi connectivity index (χ2n) is 15.1. The zero-order valence-corrected chi connectivity index (χ0v) is 32.0. The lowest BCUT2D eigenvalue weighted by Gasteiger charge is -2.29. The molecule has 0 bridgehead atoms. The van der Waals surface area contributed by atoms with Gasteiger partial charge in [0.25, 0.3) is 5.91 Å². The maximum atomic E-state index is 14.2. The summed E-state index contributed by atoms with van der Waals surface area (Å²) in [4.78, 5) is 54.7. The zero-order valence-electron chi connectivity index (χ0n) is 30.4. The van der Waals surface area contributed by atoms with Gasteiger partial charge in [-0.1, -0.05) is 26.0 Å². The second kappa shape index (κ2) is 13.3. The molecule has 3 aromatic rings. The number of ether oxygens (including phenoxy) is 2. The normalized spacial score (nSPS) is 26.4. The van der Waals surface area contributed by atoms with Crippen molar-refractivity contribution in [2.45, 2.75) is 94.6 Å². The lowest BCUT2D eigenvalue weighted by atomic mass is 10.1. The minimum atomic E-state index is -3.94. The van der Waals surface area contributed by atoms with Crippen LogP contribution in [0.1, 0.15) is 76.5 Å². The Hall–Kier alpha value is -4.24. The molecule has 2 N–H and O–H groups in total. The van der Waals surface area contributed by atoms with E-state index in [0.29, 0.717) is 54.9 Å². The Balaban J connectivity index is 1.21. The van der Waals surface area contributed by atoms with Crippen molar-refractivity contribution in [1.82, 2.24) is 29.8 Å². The van der Waals surface area contributed by atoms with Gasteiger partial charge in [-0.25, -0.2) is 23.2 Å². The number of thiazole rings is 1. The molecule has 4 amide bonds. The fourth-order valence-corrected chi connectivity index (χ4v) is 9.35. The van der Waals surface area contributed by atoms with Gasteiger partial charge >= 0.3 is 6.03 Å². The van der Waals surface area contributed by atoms with E-state index in [1.165, 1.54) is 16.2 Å². The molecular weight excluding hydrogens is 705 g/mol.